The van der Waals surface area contributed by atoms with Crippen molar-refractivity contribution in [2.75, 3.05) is 33.8 Å². The number of likely N-dealkylation sites (N-methyl/N-ethyl adjacent to an activating group) is 1. The van der Waals surface area contributed by atoms with Crippen LogP contribution in [0.4, 0.5) is 0 Å². The summed E-state index contributed by atoms with van der Waals surface area (Å²) < 4.78 is 34.5. The minimum Gasteiger partial charge on any atom is -0.487 e. The van der Waals surface area contributed by atoms with Crippen molar-refractivity contribution in [2.45, 2.75) is 30.9 Å². The van der Waals surface area contributed by atoms with E-state index < -0.39 is 16.1 Å². The summed E-state index contributed by atoms with van der Waals surface area (Å²) in [5, 5.41) is 9.68. The maximum atomic E-state index is 13.4. The van der Waals surface area contributed by atoms with Crippen LogP contribution in [0.3, 0.4) is 0 Å². The molecule has 0 radical (unpaired) electrons. The van der Waals surface area contributed by atoms with Gasteiger partial charge in [0.05, 0.1) is 6.61 Å². The van der Waals surface area contributed by atoms with Crippen LogP contribution in [0, 0.1) is 17.8 Å². The number of ether oxygens (including phenoxy) is 1. The smallest absolute Gasteiger partial charge is 0.247 e. The lowest BCUT2D eigenvalue weighted by atomic mass is 10.0. The zero-order valence-corrected chi connectivity index (χ0v) is 19.1. The average molecular weight is 444 g/mol. The normalized spacial score (nSPS) is 21.7. The highest BCUT2D eigenvalue weighted by atomic mass is 32.2. The molecule has 1 aromatic carbocycles. The Morgan fingerprint density at radius 1 is 1.23 bits per heavy atom. The minimum absolute atomic E-state index is 0.0779. The van der Waals surface area contributed by atoms with Gasteiger partial charge in [-0.15, -0.1) is 0 Å². The quantitative estimate of drug-likeness (QED) is 0.726. The summed E-state index contributed by atoms with van der Waals surface area (Å²) >= 11 is 0. The number of hydrogen-bond acceptors (Lipinski definition) is 6. The second-order valence-corrected chi connectivity index (χ2v) is 10.0. The Kier molecular flexibility index (Phi) is 7.34. The molecule has 0 unspecified atom stereocenters. The van der Waals surface area contributed by atoms with Crippen molar-refractivity contribution in [3.8, 4) is 17.6 Å². The van der Waals surface area contributed by atoms with Gasteiger partial charge in [-0.1, -0.05) is 18.8 Å². The van der Waals surface area contributed by atoms with E-state index in [1.165, 1.54) is 4.31 Å². The van der Waals surface area contributed by atoms with Crippen LogP contribution in [0.15, 0.2) is 47.6 Å². The van der Waals surface area contributed by atoms with Gasteiger partial charge in [-0.25, -0.2) is 8.42 Å². The highest BCUT2D eigenvalue weighted by Crippen LogP contribution is 2.34. The van der Waals surface area contributed by atoms with E-state index >= 15 is 0 Å². The monoisotopic (exact) mass is 443 g/mol. The van der Waals surface area contributed by atoms with Crippen molar-refractivity contribution in [3.63, 3.8) is 0 Å². The number of aromatic nitrogens is 1. The fourth-order valence-electron chi connectivity index (χ4n) is 3.46. The predicted octanol–water partition coefficient (Wildman–Crippen LogP) is 1.81. The van der Waals surface area contributed by atoms with Crippen LogP contribution < -0.4 is 4.74 Å². The first kappa shape index (κ1) is 23.2. The maximum Gasteiger partial charge on any atom is 0.247 e. The van der Waals surface area contributed by atoms with Crippen molar-refractivity contribution in [1.82, 2.24) is 14.2 Å². The molecule has 1 aromatic heterocycles. The summed E-state index contributed by atoms with van der Waals surface area (Å²) in [6.45, 7) is 4.33. The second-order valence-electron chi connectivity index (χ2n) is 8.15. The molecule has 0 bridgehead atoms. The third kappa shape index (κ3) is 5.43. The Labute approximate surface area is 184 Å². The van der Waals surface area contributed by atoms with Gasteiger partial charge in [0.25, 0.3) is 0 Å². The van der Waals surface area contributed by atoms with Crippen LogP contribution in [-0.4, -0.2) is 73.7 Å². The lowest BCUT2D eigenvalue weighted by molar-refractivity contribution is 0.0812. The first-order valence-corrected chi connectivity index (χ1v) is 11.7. The topological polar surface area (TPSA) is 83.0 Å². The average Bonchev–Trinajstić information content (AvgIpc) is 2.74. The van der Waals surface area contributed by atoms with Gasteiger partial charge in [0.15, 0.2) is 0 Å². The molecule has 2 aromatic rings. The number of nitrogens with zero attached hydrogens (tertiary/aromatic N) is 3. The Balaban J connectivity index is 2.08. The van der Waals surface area contributed by atoms with Gasteiger partial charge in [-0.05, 0) is 51.4 Å². The van der Waals surface area contributed by atoms with E-state index in [1.807, 2.05) is 38.1 Å². The highest BCUT2D eigenvalue weighted by Gasteiger charge is 2.37. The number of aliphatic hydroxyl groups is 1. The zero-order valence-electron chi connectivity index (χ0n) is 18.3. The summed E-state index contributed by atoms with van der Waals surface area (Å²) in [4.78, 5) is 6.09. The predicted molar refractivity (Wildman–Crippen MR) is 119 cm³/mol. The van der Waals surface area contributed by atoms with E-state index in [0.717, 1.165) is 5.56 Å². The zero-order chi connectivity index (χ0) is 22.6. The molecule has 0 fully saturated rings. The van der Waals surface area contributed by atoms with Crippen LogP contribution in [-0.2, 0) is 10.0 Å². The van der Waals surface area contributed by atoms with Crippen LogP contribution in [0.5, 0.6) is 5.75 Å². The molecule has 0 aliphatic carbocycles. The van der Waals surface area contributed by atoms with Gasteiger partial charge in [-0.2, -0.15) is 4.31 Å². The standard InChI is InChI=1S/C23H29N3O4S/c1-17-14-26(18(2)16-27)31(28,29)23-8-7-20(6-5-19-9-11-24-12-10-19)13-21(23)30-22(17)15-25(3)4/h7-13,17-18,22,27H,14-16H2,1-4H3/t17-,18+,22-/m1/s1. The number of sulfonamides is 1. The van der Waals surface area contributed by atoms with E-state index in [0.29, 0.717) is 12.1 Å². The summed E-state index contributed by atoms with van der Waals surface area (Å²) in [5.74, 6) is 6.34. The summed E-state index contributed by atoms with van der Waals surface area (Å²) in [6, 6.07) is 7.99. The van der Waals surface area contributed by atoms with E-state index in [-0.39, 0.29) is 35.8 Å². The van der Waals surface area contributed by atoms with Crippen molar-refractivity contribution in [3.05, 3.63) is 53.9 Å². The van der Waals surface area contributed by atoms with Crippen molar-refractivity contribution < 1.29 is 18.3 Å². The summed E-state index contributed by atoms with van der Waals surface area (Å²) in [6.07, 6.45) is 3.12. The fraction of sp³-hybridized carbons (Fsp3) is 0.435. The lowest BCUT2D eigenvalue weighted by Crippen LogP contribution is -2.49. The Bertz CT molecular complexity index is 1060. The molecule has 0 saturated heterocycles. The molecular weight excluding hydrogens is 414 g/mol. The fourth-order valence-corrected chi connectivity index (χ4v) is 5.29. The van der Waals surface area contributed by atoms with Gasteiger partial charge in [0.1, 0.15) is 16.7 Å². The number of benzene rings is 1. The molecule has 1 N–H and O–H groups in total. The Hall–Kier alpha value is -2.44. The van der Waals surface area contributed by atoms with Crippen molar-refractivity contribution in [2.24, 2.45) is 5.92 Å². The van der Waals surface area contributed by atoms with Gasteiger partial charge in [0.2, 0.25) is 10.0 Å². The molecule has 31 heavy (non-hydrogen) atoms. The first-order valence-electron chi connectivity index (χ1n) is 10.2. The van der Waals surface area contributed by atoms with Gasteiger partial charge in [-0.3, -0.25) is 4.98 Å². The SMILES string of the molecule is C[C@@H]1CN([C@@H](C)CO)S(=O)(=O)c2ccc(C#Cc3ccncc3)cc2O[C@@H]1CN(C)C. The van der Waals surface area contributed by atoms with E-state index in [4.69, 9.17) is 4.74 Å². The largest absolute Gasteiger partial charge is 0.487 e. The molecule has 2 heterocycles. The molecule has 3 rings (SSSR count). The number of aliphatic hydroxyl groups excluding tert-OH is 1. The molecule has 166 valence electrons. The summed E-state index contributed by atoms with van der Waals surface area (Å²) in [5.41, 5.74) is 1.47. The van der Waals surface area contributed by atoms with Gasteiger partial charge < -0.3 is 14.7 Å². The Morgan fingerprint density at radius 2 is 1.90 bits per heavy atom. The number of hydrogen-bond donors (Lipinski definition) is 1. The molecule has 0 spiro atoms. The highest BCUT2D eigenvalue weighted by molar-refractivity contribution is 7.89. The summed E-state index contributed by atoms with van der Waals surface area (Å²) in [7, 11) is 0.0668. The number of fused-ring (bicyclic) bond motifs is 1. The van der Waals surface area contributed by atoms with E-state index in [1.54, 1.807) is 37.5 Å². The molecular formula is C23H29N3O4S. The molecule has 7 nitrogen and oxygen atoms in total. The lowest BCUT2D eigenvalue weighted by Gasteiger charge is -2.37. The van der Waals surface area contributed by atoms with Crippen LogP contribution in [0.2, 0.25) is 0 Å². The molecule has 1 aliphatic heterocycles. The number of pyridine rings is 1. The second kappa shape index (κ2) is 9.79. The minimum atomic E-state index is -3.84. The molecule has 1 aliphatic rings. The number of rotatable bonds is 4. The van der Waals surface area contributed by atoms with E-state index in [2.05, 4.69) is 16.8 Å². The third-order valence-corrected chi connectivity index (χ3v) is 7.26. The Morgan fingerprint density at radius 3 is 2.55 bits per heavy atom. The van der Waals surface area contributed by atoms with Crippen LogP contribution in [0.25, 0.3) is 0 Å². The van der Waals surface area contributed by atoms with Crippen LogP contribution in [0.1, 0.15) is 25.0 Å². The molecule has 0 saturated carbocycles. The molecule has 0 amide bonds. The van der Waals surface area contributed by atoms with Crippen molar-refractivity contribution in [1.29, 1.82) is 0 Å². The molecule has 8 heteroatoms. The van der Waals surface area contributed by atoms with Gasteiger partial charge >= 0.3 is 0 Å². The third-order valence-electron chi connectivity index (χ3n) is 5.24. The van der Waals surface area contributed by atoms with Crippen LogP contribution >= 0.6 is 0 Å². The molecule has 3 atom stereocenters. The maximum absolute atomic E-state index is 13.4. The first-order chi connectivity index (χ1) is 14.7. The van der Waals surface area contributed by atoms with Crippen molar-refractivity contribution >= 4 is 10.0 Å². The van der Waals surface area contributed by atoms with E-state index in [9.17, 15) is 13.5 Å². The van der Waals surface area contributed by atoms with Gasteiger partial charge in [0, 0.05) is 48.6 Å².